The molecular formula is C14H19NO2. The fourth-order valence-corrected chi connectivity index (χ4v) is 1.94. The Labute approximate surface area is 102 Å². The van der Waals surface area contributed by atoms with E-state index in [1.54, 1.807) is 12.5 Å². The first-order valence-electron chi connectivity index (χ1n) is 6.07. The zero-order valence-corrected chi connectivity index (χ0v) is 10.3. The maximum atomic E-state index is 5.37. The van der Waals surface area contributed by atoms with E-state index in [-0.39, 0.29) is 6.04 Å². The lowest BCUT2D eigenvalue weighted by molar-refractivity contribution is 0.381. The molecule has 2 heterocycles. The first kappa shape index (κ1) is 12.0. The molecule has 2 aromatic rings. The van der Waals surface area contributed by atoms with Crippen LogP contribution in [-0.2, 0) is 6.42 Å². The third-order valence-corrected chi connectivity index (χ3v) is 2.91. The molecule has 0 aliphatic rings. The van der Waals surface area contributed by atoms with Gasteiger partial charge in [-0.2, -0.15) is 0 Å². The molecular weight excluding hydrogens is 214 g/mol. The van der Waals surface area contributed by atoms with E-state index >= 15 is 0 Å². The molecule has 0 aromatic carbocycles. The molecule has 1 N–H and O–H groups in total. The smallest absolute Gasteiger partial charge is 0.120 e. The van der Waals surface area contributed by atoms with Gasteiger partial charge in [0.05, 0.1) is 18.6 Å². The summed E-state index contributed by atoms with van der Waals surface area (Å²) in [5.41, 5.74) is 0. The lowest BCUT2D eigenvalue weighted by atomic mass is 10.1. The number of rotatable bonds is 6. The molecule has 0 amide bonds. The van der Waals surface area contributed by atoms with Crippen LogP contribution in [0.2, 0.25) is 0 Å². The highest BCUT2D eigenvalue weighted by Crippen LogP contribution is 2.14. The van der Waals surface area contributed by atoms with E-state index in [4.69, 9.17) is 8.83 Å². The summed E-state index contributed by atoms with van der Waals surface area (Å²) in [6.07, 6.45) is 5.45. The summed E-state index contributed by atoms with van der Waals surface area (Å²) in [5, 5.41) is 3.51. The summed E-state index contributed by atoms with van der Waals surface area (Å²) in [6.45, 7) is 4.30. The molecule has 0 saturated heterocycles. The van der Waals surface area contributed by atoms with Crippen molar-refractivity contribution in [3.05, 3.63) is 48.3 Å². The minimum atomic E-state index is 0.247. The summed E-state index contributed by atoms with van der Waals surface area (Å²) in [4.78, 5) is 0. The van der Waals surface area contributed by atoms with Crippen molar-refractivity contribution >= 4 is 0 Å². The Kier molecular flexibility index (Phi) is 4.04. The average Bonchev–Trinajstić information content (AvgIpc) is 2.99. The van der Waals surface area contributed by atoms with Crippen LogP contribution >= 0.6 is 0 Å². The zero-order valence-electron chi connectivity index (χ0n) is 10.3. The van der Waals surface area contributed by atoms with E-state index in [0.717, 1.165) is 24.4 Å². The molecule has 2 atom stereocenters. The van der Waals surface area contributed by atoms with Gasteiger partial charge in [-0.25, -0.2) is 0 Å². The zero-order chi connectivity index (χ0) is 12.1. The van der Waals surface area contributed by atoms with Crippen molar-refractivity contribution in [2.45, 2.75) is 38.8 Å². The summed E-state index contributed by atoms with van der Waals surface area (Å²) in [6, 6.07) is 8.54. The van der Waals surface area contributed by atoms with Crippen molar-refractivity contribution in [1.29, 1.82) is 0 Å². The van der Waals surface area contributed by atoms with Gasteiger partial charge in [0.15, 0.2) is 0 Å². The van der Waals surface area contributed by atoms with Crippen LogP contribution in [-0.4, -0.2) is 6.04 Å². The van der Waals surface area contributed by atoms with Gasteiger partial charge in [-0.3, -0.25) is 0 Å². The maximum absolute atomic E-state index is 5.37. The third-order valence-electron chi connectivity index (χ3n) is 2.91. The van der Waals surface area contributed by atoms with Crippen molar-refractivity contribution in [2.24, 2.45) is 0 Å². The molecule has 3 nitrogen and oxygen atoms in total. The van der Waals surface area contributed by atoms with E-state index in [2.05, 4.69) is 19.2 Å². The van der Waals surface area contributed by atoms with Crippen molar-refractivity contribution < 1.29 is 8.83 Å². The Bertz CT molecular complexity index is 405. The van der Waals surface area contributed by atoms with Crippen LogP contribution in [0.3, 0.4) is 0 Å². The van der Waals surface area contributed by atoms with Crippen LogP contribution in [0, 0.1) is 0 Å². The second-order valence-corrected chi connectivity index (χ2v) is 4.42. The van der Waals surface area contributed by atoms with Crippen LogP contribution in [0.15, 0.2) is 45.6 Å². The van der Waals surface area contributed by atoms with Gasteiger partial charge in [0.1, 0.15) is 11.5 Å². The van der Waals surface area contributed by atoms with Gasteiger partial charge >= 0.3 is 0 Å². The maximum Gasteiger partial charge on any atom is 0.120 e. The van der Waals surface area contributed by atoms with Gasteiger partial charge in [-0.1, -0.05) is 0 Å². The first-order chi connectivity index (χ1) is 8.25. The van der Waals surface area contributed by atoms with Crippen molar-refractivity contribution in [1.82, 2.24) is 5.32 Å². The molecule has 0 radical (unpaired) electrons. The molecule has 0 aliphatic heterocycles. The Morgan fingerprint density at radius 2 is 1.88 bits per heavy atom. The van der Waals surface area contributed by atoms with E-state index in [1.807, 2.05) is 24.3 Å². The number of aryl methyl sites for hydroxylation is 1. The number of hydrogen-bond acceptors (Lipinski definition) is 3. The molecule has 0 saturated carbocycles. The quantitative estimate of drug-likeness (QED) is 0.829. The highest BCUT2D eigenvalue weighted by molar-refractivity contribution is 5.03. The second kappa shape index (κ2) is 5.73. The highest BCUT2D eigenvalue weighted by atomic mass is 16.3. The SMILES string of the molecule is CC(CCc1ccco1)N[C@H](C)c1ccco1. The predicted octanol–water partition coefficient (Wildman–Crippen LogP) is 3.54. The van der Waals surface area contributed by atoms with Crippen LogP contribution in [0.25, 0.3) is 0 Å². The largest absolute Gasteiger partial charge is 0.469 e. The molecule has 2 aromatic heterocycles. The lowest BCUT2D eigenvalue weighted by Crippen LogP contribution is -2.29. The first-order valence-corrected chi connectivity index (χ1v) is 6.07. The Balaban J connectivity index is 1.75. The number of hydrogen-bond donors (Lipinski definition) is 1. The fraction of sp³-hybridized carbons (Fsp3) is 0.429. The van der Waals surface area contributed by atoms with Crippen LogP contribution in [0.5, 0.6) is 0 Å². The molecule has 0 aliphatic carbocycles. The fourth-order valence-electron chi connectivity index (χ4n) is 1.94. The summed E-state index contributed by atoms with van der Waals surface area (Å²) in [5.74, 6) is 2.03. The van der Waals surface area contributed by atoms with E-state index < -0.39 is 0 Å². The molecule has 2 rings (SSSR count). The molecule has 0 spiro atoms. The molecule has 92 valence electrons. The highest BCUT2D eigenvalue weighted by Gasteiger charge is 2.11. The average molecular weight is 233 g/mol. The van der Waals surface area contributed by atoms with Crippen LogP contribution in [0.4, 0.5) is 0 Å². The van der Waals surface area contributed by atoms with Crippen LogP contribution < -0.4 is 5.32 Å². The predicted molar refractivity (Wildman–Crippen MR) is 66.7 cm³/mol. The number of nitrogens with one attached hydrogen (secondary N) is 1. The van der Waals surface area contributed by atoms with E-state index in [0.29, 0.717) is 6.04 Å². The van der Waals surface area contributed by atoms with E-state index in [9.17, 15) is 0 Å². The van der Waals surface area contributed by atoms with Gasteiger partial charge in [0.25, 0.3) is 0 Å². The minimum Gasteiger partial charge on any atom is -0.469 e. The normalized spacial score (nSPS) is 14.7. The van der Waals surface area contributed by atoms with Gasteiger partial charge in [0, 0.05) is 12.5 Å². The Morgan fingerprint density at radius 3 is 2.53 bits per heavy atom. The van der Waals surface area contributed by atoms with Crippen molar-refractivity contribution in [3.8, 4) is 0 Å². The third kappa shape index (κ3) is 3.49. The second-order valence-electron chi connectivity index (χ2n) is 4.42. The van der Waals surface area contributed by atoms with Crippen LogP contribution in [0.1, 0.15) is 37.8 Å². The van der Waals surface area contributed by atoms with Gasteiger partial charge in [-0.05, 0) is 44.5 Å². The monoisotopic (exact) mass is 233 g/mol. The van der Waals surface area contributed by atoms with Gasteiger partial charge < -0.3 is 14.2 Å². The summed E-state index contributed by atoms with van der Waals surface area (Å²) >= 11 is 0. The molecule has 3 heteroatoms. The minimum absolute atomic E-state index is 0.247. The molecule has 0 fully saturated rings. The summed E-state index contributed by atoms with van der Waals surface area (Å²) < 4.78 is 10.7. The van der Waals surface area contributed by atoms with Gasteiger partial charge in [0.2, 0.25) is 0 Å². The Hall–Kier alpha value is -1.48. The van der Waals surface area contributed by atoms with E-state index in [1.165, 1.54) is 0 Å². The lowest BCUT2D eigenvalue weighted by Gasteiger charge is -2.17. The molecule has 1 unspecified atom stereocenters. The van der Waals surface area contributed by atoms with Gasteiger partial charge in [-0.15, -0.1) is 0 Å². The number of furan rings is 2. The summed E-state index contributed by atoms with van der Waals surface area (Å²) in [7, 11) is 0. The standard InChI is InChI=1S/C14H19NO2/c1-11(7-8-13-5-3-9-16-13)15-12(2)14-6-4-10-17-14/h3-6,9-12,15H,7-8H2,1-2H3/t11?,12-/m1/s1. The van der Waals surface area contributed by atoms with Crippen molar-refractivity contribution in [2.75, 3.05) is 0 Å². The topological polar surface area (TPSA) is 38.3 Å². The molecule has 17 heavy (non-hydrogen) atoms. The molecule has 0 bridgehead atoms. The Morgan fingerprint density at radius 1 is 1.12 bits per heavy atom. The van der Waals surface area contributed by atoms with Crippen molar-refractivity contribution in [3.63, 3.8) is 0 Å².